The van der Waals surface area contributed by atoms with Gasteiger partial charge >= 0.3 is 0 Å². The summed E-state index contributed by atoms with van der Waals surface area (Å²) in [6.07, 6.45) is 4.18. The minimum Gasteiger partial charge on any atom is -0.478 e. The molecule has 2 heterocycles. The number of rotatable bonds is 4. The zero-order valence-corrected chi connectivity index (χ0v) is 10.3. The third kappa shape index (κ3) is 2.96. The summed E-state index contributed by atoms with van der Waals surface area (Å²) in [5, 5.41) is 13.7. The highest BCUT2D eigenvalue weighted by molar-refractivity contribution is 5.24. The molecule has 0 aromatic carbocycles. The van der Waals surface area contributed by atoms with Gasteiger partial charge in [0.25, 0.3) is 0 Å². The fourth-order valence-electron chi connectivity index (χ4n) is 2.08. The van der Waals surface area contributed by atoms with Crippen LogP contribution in [-0.4, -0.2) is 29.8 Å². The van der Waals surface area contributed by atoms with E-state index in [0.29, 0.717) is 12.5 Å². The largest absolute Gasteiger partial charge is 0.478 e. The van der Waals surface area contributed by atoms with Crippen LogP contribution in [0.5, 0.6) is 5.88 Å². The van der Waals surface area contributed by atoms with E-state index in [1.807, 2.05) is 12.1 Å². The molecule has 1 fully saturated rings. The van der Waals surface area contributed by atoms with Gasteiger partial charge in [0.05, 0.1) is 12.2 Å². The summed E-state index contributed by atoms with van der Waals surface area (Å²) < 4.78 is 5.43. The van der Waals surface area contributed by atoms with Crippen molar-refractivity contribution >= 4 is 0 Å². The Balaban J connectivity index is 2.06. The molecule has 0 atom stereocenters. The van der Waals surface area contributed by atoms with Crippen LogP contribution in [0, 0.1) is 0 Å². The van der Waals surface area contributed by atoms with Gasteiger partial charge < -0.3 is 15.2 Å². The zero-order valence-electron chi connectivity index (χ0n) is 10.3. The van der Waals surface area contributed by atoms with E-state index in [2.05, 4.69) is 17.2 Å². The van der Waals surface area contributed by atoms with Crippen molar-refractivity contribution in [1.29, 1.82) is 0 Å². The summed E-state index contributed by atoms with van der Waals surface area (Å²) >= 11 is 0. The molecule has 1 aliphatic rings. The van der Waals surface area contributed by atoms with Crippen molar-refractivity contribution in [2.45, 2.75) is 31.8 Å². The normalized spacial score (nSPS) is 18.9. The predicted molar refractivity (Wildman–Crippen MR) is 66.0 cm³/mol. The van der Waals surface area contributed by atoms with E-state index in [0.717, 1.165) is 37.9 Å². The standard InChI is InChI=1S/C13H20N2O2/c1-2-9-17-12-4-3-11(10-15-12)13(16)5-7-14-8-6-13/h3-4,10,14,16H,2,5-9H2,1H3. The number of piperidine rings is 1. The molecule has 0 bridgehead atoms. The lowest BCUT2D eigenvalue weighted by atomic mass is 9.86. The summed E-state index contributed by atoms with van der Waals surface area (Å²) in [4.78, 5) is 4.23. The van der Waals surface area contributed by atoms with Crippen LogP contribution < -0.4 is 10.1 Å². The highest BCUT2D eigenvalue weighted by atomic mass is 16.5. The second-order valence-corrected chi connectivity index (χ2v) is 4.52. The van der Waals surface area contributed by atoms with E-state index in [9.17, 15) is 5.11 Å². The molecule has 4 heteroatoms. The highest BCUT2D eigenvalue weighted by Crippen LogP contribution is 2.30. The van der Waals surface area contributed by atoms with Crippen LogP contribution in [0.1, 0.15) is 31.7 Å². The van der Waals surface area contributed by atoms with Crippen LogP contribution >= 0.6 is 0 Å². The number of hydrogen-bond donors (Lipinski definition) is 2. The number of hydrogen-bond acceptors (Lipinski definition) is 4. The molecule has 0 saturated carbocycles. The summed E-state index contributed by atoms with van der Waals surface area (Å²) in [6.45, 7) is 4.45. The average molecular weight is 236 g/mol. The first-order chi connectivity index (χ1) is 8.24. The van der Waals surface area contributed by atoms with Gasteiger partial charge in [0.2, 0.25) is 5.88 Å². The molecule has 1 aromatic heterocycles. The first-order valence-corrected chi connectivity index (χ1v) is 6.27. The Morgan fingerprint density at radius 1 is 1.41 bits per heavy atom. The quantitative estimate of drug-likeness (QED) is 0.830. The van der Waals surface area contributed by atoms with Crippen LogP contribution in [0.2, 0.25) is 0 Å². The number of pyridine rings is 1. The third-order valence-electron chi connectivity index (χ3n) is 3.16. The molecule has 17 heavy (non-hydrogen) atoms. The molecule has 94 valence electrons. The molecular weight excluding hydrogens is 216 g/mol. The lowest BCUT2D eigenvalue weighted by Gasteiger charge is -2.32. The van der Waals surface area contributed by atoms with Crippen molar-refractivity contribution in [3.8, 4) is 5.88 Å². The molecule has 1 saturated heterocycles. The van der Waals surface area contributed by atoms with Gasteiger partial charge in [0.1, 0.15) is 0 Å². The summed E-state index contributed by atoms with van der Waals surface area (Å²) in [7, 11) is 0. The molecule has 2 rings (SSSR count). The lowest BCUT2D eigenvalue weighted by Crippen LogP contribution is -2.39. The minimum atomic E-state index is -0.721. The SMILES string of the molecule is CCCOc1ccc(C2(O)CCNCC2)cn1. The second kappa shape index (κ2) is 5.47. The summed E-state index contributed by atoms with van der Waals surface area (Å²) in [5.41, 5.74) is 0.171. The fraction of sp³-hybridized carbons (Fsp3) is 0.615. The topological polar surface area (TPSA) is 54.4 Å². The molecule has 4 nitrogen and oxygen atoms in total. The van der Waals surface area contributed by atoms with Gasteiger partial charge in [-0.1, -0.05) is 6.92 Å². The smallest absolute Gasteiger partial charge is 0.213 e. The van der Waals surface area contributed by atoms with Gasteiger partial charge in [0.15, 0.2) is 0 Å². The van der Waals surface area contributed by atoms with E-state index in [-0.39, 0.29) is 0 Å². The van der Waals surface area contributed by atoms with Gasteiger partial charge in [-0.25, -0.2) is 4.98 Å². The minimum absolute atomic E-state index is 0.633. The maximum absolute atomic E-state index is 10.5. The number of aliphatic hydroxyl groups is 1. The molecule has 1 aromatic rings. The van der Waals surface area contributed by atoms with Crippen LogP contribution in [0.15, 0.2) is 18.3 Å². The number of ether oxygens (including phenoxy) is 1. The van der Waals surface area contributed by atoms with Crippen molar-refractivity contribution in [2.24, 2.45) is 0 Å². The zero-order chi connectivity index (χ0) is 12.1. The van der Waals surface area contributed by atoms with E-state index < -0.39 is 5.60 Å². The van der Waals surface area contributed by atoms with Gasteiger partial charge in [-0.05, 0) is 38.4 Å². The first kappa shape index (κ1) is 12.3. The van der Waals surface area contributed by atoms with Crippen LogP contribution in [0.25, 0.3) is 0 Å². The summed E-state index contributed by atoms with van der Waals surface area (Å²) in [6, 6.07) is 3.76. The number of nitrogens with zero attached hydrogens (tertiary/aromatic N) is 1. The Bertz CT molecular complexity index is 345. The van der Waals surface area contributed by atoms with Crippen LogP contribution in [0.3, 0.4) is 0 Å². The first-order valence-electron chi connectivity index (χ1n) is 6.27. The van der Waals surface area contributed by atoms with Crippen molar-refractivity contribution in [3.05, 3.63) is 23.9 Å². The lowest BCUT2D eigenvalue weighted by molar-refractivity contribution is 0.00556. The maximum atomic E-state index is 10.5. The Kier molecular flexibility index (Phi) is 3.97. The monoisotopic (exact) mass is 236 g/mol. The molecule has 0 unspecified atom stereocenters. The predicted octanol–water partition coefficient (Wildman–Crippen LogP) is 1.44. The van der Waals surface area contributed by atoms with Crippen molar-refractivity contribution in [3.63, 3.8) is 0 Å². The fourth-order valence-corrected chi connectivity index (χ4v) is 2.08. The number of aromatic nitrogens is 1. The Labute approximate surface area is 102 Å². The van der Waals surface area contributed by atoms with Crippen LogP contribution in [0.4, 0.5) is 0 Å². The molecule has 0 spiro atoms. The molecular formula is C13H20N2O2. The maximum Gasteiger partial charge on any atom is 0.213 e. The number of nitrogens with one attached hydrogen (secondary N) is 1. The van der Waals surface area contributed by atoms with Gasteiger partial charge in [-0.2, -0.15) is 0 Å². The van der Waals surface area contributed by atoms with Gasteiger partial charge in [-0.3, -0.25) is 0 Å². The van der Waals surface area contributed by atoms with Gasteiger partial charge in [-0.15, -0.1) is 0 Å². The Morgan fingerprint density at radius 2 is 2.18 bits per heavy atom. The molecule has 1 aliphatic heterocycles. The molecule has 0 aliphatic carbocycles. The van der Waals surface area contributed by atoms with Crippen molar-refractivity contribution in [1.82, 2.24) is 10.3 Å². The second-order valence-electron chi connectivity index (χ2n) is 4.52. The molecule has 0 amide bonds. The molecule has 0 radical (unpaired) electrons. The highest BCUT2D eigenvalue weighted by Gasteiger charge is 2.31. The third-order valence-corrected chi connectivity index (χ3v) is 3.16. The van der Waals surface area contributed by atoms with Gasteiger partial charge in [0, 0.05) is 17.8 Å². The van der Waals surface area contributed by atoms with E-state index >= 15 is 0 Å². The van der Waals surface area contributed by atoms with E-state index in [1.54, 1.807) is 6.20 Å². The average Bonchev–Trinajstić information content (AvgIpc) is 2.38. The Hall–Kier alpha value is -1.13. The van der Waals surface area contributed by atoms with E-state index in [4.69, 9.17) is 4.74 Å². The Morgan fingerprint density at radius 3 is 2.76 bits per heavy atom. The molecule has 2 N–H and O–H groups in total. The van der Waals surface area contributed by atoms with Crippen molar-refractivity contribution < 1.29 is 9.84 Å². The van der Waals surface area contributed by atoms with Crippen molar-refractivity contribution in [2.75, 3.05) is 19.7 Å². The summed E-state index contributed by atoms with van der Waals surface area (Å²) in [5.74, 6) is 0.633. The van der Waals surface area contributed by atoms with Crippen LogP contribution in [-0.2, 0) is 5.60 Å². The van der Waals surface area contributed by atoms with E-state index in [1.165, 1.54) is 0 Å².